The standard InChI is InChI=1S/C25H38.C6H6O/c1-23(2,3)20-12-10-18(11-13-20)14-19-15-21(24(4,5)6)17-22(16-19)25(7,8)9;7-6-4-2-1-3-5-6/h10-14,17,21H,15-16H2,1-9H3;2-5H,1H2. The lowest BCUT2D eigenvalue weighted by Gasteiger charge is -2.37. The van der Waals surface area contributed by atoms with Gasteiger partial charge >= 0.3 is 0 Å². The summed E-state index contributed by atoms with van der Waals surface area (Å²) in [6.45, 7) is 21.0. The van der Waals surface area contributed by atoms with Crippen LogP contribution in [-0.4, -0.2) is 5.78 Å². The number of hydrogen-bond acceptors (Lipinski definition) is 1. The van der Waals surface area contributed by atoms with Crippen LogP contribution in [0.1, 0.15) is 92.7 Å². The van der Waals surface area contributed by atoms with Crippen molar-refractivity contribution in [2.45, 2.75) is 87.0 Å². The Hall–Kier alpha value is -2.15. The van der Waals surface area contributed by atoms with Gasteiger partial charge in [-0.2, -0.15) is 0 Å². The third kappa shape index (κ3) is 8.08. The number of ketones is 1. The Balaban J connectivity index is 0.000000439. The Morgan fingerprint density at radius 1 is 0.812 bits per heavy atom. The number of benzene rings is 1. The molecule has 0 aromatic heterocycles. The highest BCUT2D eigenvalue weighted by Crippen LogP contribution is 2.44. The van der Waals surface area contributed by atoms with Gasteiger partial charge in [0, 0.05) is 0 Å². The van der Waals surface area contributed by atoms with Gasteiger partial charge in [0.25, 0.3) is 0 Å². The van der Waals surface area contributed by atoms with Crippen LogP contribution in [0.5, 0.6) is 0 Å². The van der Waals surface area contributed by atoms with Gasteiger partial charge in [-0.1, -0.05) is 122 Å². The monoisotopic (exact) mass is 432 g/mol. The van der Waals surface area contributed by atoms with E-state index in [9.17, 15) is 4.79 Å². The van der Waals surface area contributed by atoms with E-state index >= 15 is 0 Å². The first-order valence-corrected chi connectivity index (χ1v) is 12.0. The lowest BCUT2D eigenvalue weighted by Crippen LogP contribution is -2.25. The Kier molecular flexibility index (Phi) is 8.32. The van der Waals surface area contributed by atoms with Crippen molar-refractivity contribution in [1.29, 1.82) is 0 Å². The molecule has 0 spiro atoms. The first-order chi connectivity index (χ1) is 14.7. The summed E-state index contributed by atoms with van der Waals surface area (Å²) in [5.74, 6) is 0.724. The second kappa shape index (κ2) is 10.2. The zero-order valence-corrected chi connectivity index (χ0v) is 21.9. The Morgan fingerprint density at radius 2 is 1.38 bits per heavy atom. The van der Waals surface area contributed by atoms with Crippen molar-refractivity contribution < 1.29 is 4.79 Å². The molecule has 1 aromatic rings. The molecule has 174 valence electrons. The smallest absolute Gasteiger partial charge is 0.178 e. The van der Waals surface area contributed by atoms with Gasteiger partial charge < -0.3 is 0 Å². The van der Waals surface area contributed by atoms with Crippen LogP contribution in [0.3, 0.4) is 0 Å². The maximum Gasteiger partial charge on any atom is 0.178 e. The lowest BCUT2D eigenvalue weighted by molar-refractivity contribution is -0.110. The molecular weight excluding hydrogens is 388 g/mol. The van der Waals surface area contributed by atoms with Gasteiger partial charge in [-0.05, 0) is 64.7 Å². The summed E-state index contributed by atoms with van der Waals surface area (Å²) < 4.78 is 0. The fraction of sp³-hybridized carbons (Fsp3) is 0.516. The third-order valence-corrected chi connectivity index (χ3v) is 6.36. The molecule has 1 unspecified atom stereocenters. The van der Waals surface area contributed by atoms with Crippen LogP contribution in [0.4, 0.5) is 0 Å². The van der Waals surface area contributed by atoms with Crippen LogP contribution in [-0.2, 0) is 10.2 Å². The molecule has 1 atom stereocenters. The van der Waals surface area contributed by atoms with E-state index in [1.165, 1.54) is 17.5 Å². The molecule has 0 fully saturated rings. The maximum atomic E-state index is 10.3. The summed E-state index contributed by atoms with van der Waals surface area (Å²) in [5.41, 5.74) is 6.69. The predicted octanol–water partition coefficient (Wildman–Crippen LogP) is 8.87. The highest BCUT2D eigenvalue weighted by atomic mass is 16.1. The topological polar surface area (TPSA) is 17.1 Å². The summed E-state index contributed by atoms with van der Waals surface area (Å²) in [6.07, 6.45) is 15.1. The summed E-state index contributed by atoms with van der Waals surface area (Å²) in [7, 11) is 0. The number of carbonyl (C=O) groups is 1. The number of carbonyl (C=O) groups excluding carboxylic acids is 1. The van der Waals surface area contributed by atoms with Crippen LogP contribution < -0.4 is 0 Å². The minimum atomic E-state index is 0.103. The van der Waals surface area contributed by atoms with Gasteiger partial charge in [0.15, 0.2) is 5.78 Å². The van der Waals surface area contributed by atoms with Crippen molar-refractivity contribution in [2.24, 2.45) is 16.7 Å². The van der Waals surface area contributed by atoms with E-state index < -0.39 is 0 Å². The molecule has 1 heteroatoms. The lowest BCUT2D eigenvalue weighted by atomic mass is 9.68. The van der Waals surface area contributed by atoms with E-state index in [1.807, 2.05) is 12.2 Å². The highest BCUT2D eigenvalue weighted by molar-refractivity contribution is 5.99. The van der Waals surface area contributed by atoms with E-state index in [2.05, 4.69) is 98.7 Å². The zero-order chi connectivity index (χ0) is 24.2. The normalized spacial score (nSPS) is 20.7. The van der Waals surface area contributed by atoms with Crippen molar-refractivity contribution in [2.75, 3.05) is 0 Å². The molecule has 3 rings (SSSR count). The van der Waals surface area contributed by atoms with E-state index in [4.69, 9.17) is 0 Å². The van der Waals surface area contributed by atoms with Gasteiger partial charge in [-0.3, -0.25) is 4.79 Å². The third-order valence-electron chi connectivity index (χ3n) is 6.36. The first-order valence-electron chi connectivity index (χ1n) is 12.0. The summed E-state index contributed by atoms with van der Waals surface area (Å²) in [4.78, 5) is 10.3. The predicted molar refractivity (Wildman–Crippen MR) is 141 cm³/mol. The van der Waals surface area contributed by atoms with Crippen molar-refractivity contribution in [1.82, 2.24) is 0 Å². The molecule has 1 nitrogen and oxygen atoms in total. The number of hydrogen-bond donors (Lipinski definition) is 0. The number of allylic oxidation sites excluding steroid dienone is 7. The summed E-state index contributed by atoms with van der Waals surface area (Å²) >= 11 is 0. The van der Waals surface area contributed by atoms with Gasteiger partial charge in [0.1, 0.15) is 0 Å². The molecule has 0 radical (unpaired) electrons. The van der Waals surface area contributed by atoms with Gasteiger partial charge in [-0.25, -0.2) is 0 Å². The molecule has 0 N–H and O–H groups in total. The fourth-order valence-electron chi connectivity index (χ4n) is 3.96. The van der Waals surface area contributed by atoms with Crippen LogP contribution in [0.2, 0.25) is 0 Å². The average Bonchev–Trinajstić information content (AvgIpc) is 2.67. The average molecular weight is 433 g/mol. The van der Waals surface area contributed by atoms with Gasteiger partial charge in [-0.15, -0.1) is 0 Å². The number of rotatable bonds is 1. The molecular formula is C31H44O. The SMILES string of the molecule is CC(C)(C)C1=CC(C(C)(C)C)CC(=Cc2ccc(C(C)(C)C)cc2)C1.O=C1C=CCC=C1. The zero-order valence-electron chi connectivity index (χ0n) is 21.9. The minimum absolute atomic E-state index is 0.103. The second-order valence-corrected chi connectivity index (χ2v) is 12.4. The van der Waals surface area contributed by atoms with Gasteiger partial charge in [0.05, 0.1) is 0 Å². The van der Waals surface area contributed by atoms with E-state index in [1.54, 1.807) is 23.3 Å². The summed E-state index contributed by atoms with van der Waals surface area (Å²) in [6, 6.07) is 9.15. The molecule has 2 aliphatic carbocycles. The van der Waals surface area contributed by atoms with Crippen molar-refractivity contribution in [3.05, 3.63) is 76.9 Å². The highest BCUT2D eigenvalue weighted by Gasteiger charge is 2.31. The Morgan fingerprint density at radius 3 is 1.78 bits per heavy atom. The molecule has 0 bridgehead atoms. The molecule has 0 aliphatic heterocycles. The molecule has 0 heterocycles. The van der Waals surface area contributed by atoms with E-state index in [0.29, 0.717) is 11.3 Å². The minimum Gasteiger partial charge on any atom is -0.290 e. The van der Waals surface area contributed by atoms with Crippen LogP contribution in [0, 0.1) is 16.7 Å². The summed E-state index contributed by atoms with van der Waals surface area (Å²) in [5, 5.41) is 0. The molecule has 0 saturated carbocycles. The van der Waals surface area contributed by atoms with Crippen molar-refractivity contribution in [3.63, 3.8) is 0 Å². The maximum absolute atomic E-state index is 10.3. The van der Waals surface area contributed by atoms with E-state index in [0.717, 1.165) is 12.8 Å². The molecule has 1 aromatic carbocycles. The van der Waals surface area contributed by atoms with Crippen LogP contribution in [0.15, 0.2) is 65.8 Å². The quantitative estimate of drug-likeness (QED) is 0.405. The first kappa shape index (κ1) is 26.1. The molecule has 2 aliphatic rings. The van der Waals surface area contributed by atoms with Crippen LogP contribution >= 0.6 is 0 Å². The molecule has 0 saturated heterocycles. The van der Waals surface area contributed by atoms with Gasteiger partial charge in [0.2, 0.25) is 0 Å². The van der Waals surface area contributed by atoms with Crippen molar-refractivity contribution in [3.8, 4) is 0 Å². The Bertz CT molecular complexity index is 883. The molecule has 0 amide bonds. The fourth-order valence-corrected chi connectivity index (χ4v) is 3.96. The largest absolute Gasteiger partial charge is 0.290 e. The van der Waals surface area contributed by atoms with Crippen LogP contribution in [0.25, 0.3) is 6.08 Å². The molecule has 32 heavy (non-hydrogen) atoms. The van der Waals surface area contributed by atoms with Crippen molar-refractivity contribution >= 4 is 11.9 Å². The Labute approximate surface area is 197 Å². The second-order valence-electron chi connectivity index (χ2n) is 12.4. The van der Waals surface area contributed by atoms with E-state index in [-0.39, 0.29) is 16.6 Å².